The van der Waals surface area contributed by atoms with Crippen LogP contribution in [0, 0.1) is 0 Å². The Bertz CT molecular complexity index is 1470. The van der Waals surface area contributed by atoms with Gasteiger partial charge in [-0.1, -0.05) is 11.8 Å². The number of aromatic nitrogens is 1. The molecule has 4 heterocycles. The summed E-state index contributed by atoms with van der Waals surface area (Å²) in [5.41, 5.74) is 2.28. The second kappa shape index (κ2) is 14.8. The number of anilines is 3. The maximum absolute atomic E-state index is 12.2. The molecular formula is C29H32N6O6S2. The molecule has 6 rings (SSSR count). The highest BCUT2D eigenvalue weighted by Gasteiger charge is 2.18. The SMILES string of the molecule is O=C(NC1=CNC=CS1)c1ccc(N2CCOCC2)cc1O.O=C(Nc1nccs1)c1ccc(N2CCOCC2)cc1O. The molecule has 5 N–H and O–H groups in total. The van der Waals surface area contributed by atoms with Gasteiger partial charge in [0.15, 0.2) is 5.13 Å². The van der Waals surface area contributed by atoms with E-state index in [1.54, 1.807) is 48.2 Å². The molecule has 0 saturated carbocycles. The highest BCUT2D eigenvalue weighted by atomic mass is 32.2. The average Bonchev–Trinajstić information content (AvgIpc) is 3.55. The second-order valence-electron chi connectivity index (χ2n) is 9.44. The summed E-state index contributed by atoms with van der Waals surface area (Å²) in [6, 6.07) is 10.2. The van der Waals surface area contributed by atoms with Gasteiger partial charge in [0.1, 0.15) is 11.5 Å². The lowest BCUT2D eigenvalue weighted by atomic mass is 10.1. The third kappa shape index (κ3) is 8.20. The van der Waals surface area contributed by atoms with E-state index in [9.17, 15) is 19.8 Å². The second-order valence-corrected chi connectivity index (χ2v) is 11.3. The first-order chi connectivity index (χ1) is 21.0. The van der Waals surface area contributed by atoms with Crippen LogP contribution in [0.15, 0.2) is 70.8 Å². The van der Waals surface area contributed by atoms with Gasteiger partial charge in [-0.3, -0.25) is 14.9 Å². The number of hydrogen-bond acceptors (Lipinski definition) is 12. The molecule has 3 aliphatic heterocycles. The van der Waals surface area contributed by atoms with Crippen LogP contribution in [0.1, 0.15) is 20.7 Å². The number of morpholine rings is 2. The number of phenolic OH excluding ortho intramolecular Hbond substituents is 2. The van der Waals surface area contributed by atoms with Gasteiger partial charge in [0, 0.05) is 73.7 Å². The van der Waals surface area contributed by atoms with Crippen molar-refractivity contribution in [2.75, 3.05) is 67.7 Å². The summed E-state index contributed by atoms with van der Waals surface area (Å²) in [5, 5.41) is 33.3. The van der Waals surface area contributed by atoms with Crippen molar-refractivity contribution in [2.24, 2.45) is 0 Å². The maximum atomic E-state index is 12.2. The number of hydrogen-bond donors (Lipinski definition) is 5. The maximum Gasteiger partial charge on any atom is 0.261 e. The number of ether oxygens (including phenoxy) is 2. The molecule has 0 aliphatic carbocycles. The van der Waals surface area contributed by atoms with E-state index in [-0.39, 0.29) is 34.4 Å². The largest absolute Gasteiger partial charge is 0.507 e. The predicted octanol–water partition coefficient (Wildman–Crippen LogP) is 3.50. The van der Waals surface area contributed by atoms with Gasteiger partial charge in [-0.15, -0.1) is 11.3 Å². The summed E-state index contributed by atoms with van der Waals surface area (Å²) in [4.78, 5) is 32.5. The van der Waals surface area contributed by atoms with Gasteiger partial charge in [-0.2, -0.15) is 0 Å². The molecule has 0 bridgehead atoms. The summed E-state index contributed by atoms with van der Waals surface area (Å²) in [7, 11) is 0. The number of thioether (sulfide) groups is 1. The first kappa shape index (κ1) is 30.2. The van der Waals surface area contributed by atoms with Gasteiger partial charge in [0.2, 0.25) is 0 Å². The Morgan fingerprint density at radius 2 is 1.40 bits per heavy atom. The fourth-order valence-corrected chi connectivity index (χ4v) is 5.56. The van der Waals surface area contributed by atoms with E-state index in [1.807, 2.05) is 17.5 Å². The molecule has 14 heteroatoms. The lowest BCUT2D eigenvalue weighted by Crippen LogP contribution is -2.36. The zero-order valence-corrected chi connectivity index (χ0v) is 24.8. The van der Waals surface area contributed by atoms with E-state index in [1.165, 1.54) is 23.1 Å². The number of amides is 2. The minimum Gasteiger partial charge on any atom is -0.507 e. The standard InChI is InChI=1S/C15H17N3O3S.C14H15N3O3S/c19-13-9-11(18-4-6-21-7-5-18)1-2-12(13)15(20)17-14-10-16-3-8-22-14;18-12-9-10(17-4-6-20-7-5-17)1-2-11(12)13(19)16-14-15-3-8-21-14/h1-3,8-10,16,19H,4-7H2,(H,17,20);1-3,8-9,18H,4-7H2,(H,15,16,19). The van der Waals surface area contributed by atoms with Crippen LogP contribution < -0.4 is 25.8 Å². The molecule has 0 atom stereocenters. The van der Waals surface area contributed by atoms with Crippen LogP contribution in [0.3, 0.4) is 0 Å². The summed E-state index contributed by atoms with van der Waals surface area (Å²) in [5.74, 6) is -0.752. The van der Waals surface area contributed by atoms with Gasteiger partial charge in [-0.25, -0.2) is 4.98 Å². The number of carbonyl (C=O) groups is 2. The molecule has 12 nitrogen and oxygen atoms in total. The van der Waals surface area contributed by atoms with Crippen molar-refractivity contribution in [1.29, 1.82) is 0 Å². The van der Waals surface area contributed by atoms with Gasteiger partial charge in [0.05, 0.1) is 42.6 Å². The highest BCUT2D eigenvalue weighted by molar-refractivity contribution is 8.05. The number of aromatic hydroxyl groups is 2. The molecule has 2 saturated heterocycles. The van der Waals surface area contributed by atoms with Crippen molar-refractivity contribution < 1.29 is 29.3 Å². The fraction of sp³-hybridized carbons (Fsp3) is 0.276. The quantitative estimate of drug-likeness (QED) is 0.274. The number of benzene rings is 2. The first-order valence-electron chi connectivity index (χ1n) is 13.6. The molecule has 2 amide bonds. The molecule has 1 aromatic heterocycles. The van der Waals surface area contributed by atoms with Gasteiger partial charge in [0.25, 0.3) is 11.8 Å². The van der Waals surface area contributed by atoms with Crippen LogP contribution in [0.25, 0.3) is 0 Å². The van der Waals surface area contributed by atoms with Crippen molar-refractivity contribution >= 4 is 51.4 Å². The van der Waals surface area contributed by atoms with E-state index >= 15 is 0 Å². The number of rotatable bonds is 6. The lowest BCUT2D eigenvalue weighted by Gasteiger charge is -2.29. The van der Waals surface area contributed by atoms with E-state index in [0.717, 1.165) is 37.6 Å². The van der Waals surface area contributed by atoms with Crippen molar-refractivity contribution in [3.63, 3.8) is 0 Å². The molecule has 0 radical (unpaired) electrons. The van der Waals surface area contributed by atoms with Crippen LogP contribution in [-0.2, 0) is 9.47 Å². The summed E-state index contributed by atoms with van der Waals surface area (Å²) >= 11 is 2.73. The monoisotopic (exact) mass is 624 g/mol. The number of thiazole rings is 1. The number of nitrogens with zero attached hydrogens (tertiary/aromatic N) is 3. The third-order valence-electron chi connectivity index (χ3n) is 6.67. The molecule has 2 fully saturated rings. The average molecular weight is 625 g/mol. The Balaban J connectivity index is 0.000000171. The Labute approximate surface area is 257 Å². The smallest absolute Gasteiger partial charge is 0.261 e. The topological polar surface area (TPSA) is 149 Å². The first-order valence-corrected chi connectivity index (χ1v) is 15.4. The van der Waals surface area contributed by atoms with Gasteiger partial charge >= 0.3 is 0 Å². The molecule has 0 unspecified atom stereocenters. The summed E-state index contributed by atoms with van der Waals surface area (Å²) < 4.78 is 10.6. The Morgan fingerprint density at radius 1 is 0.837 bits per heavy atom. The summed E-state index contributed by atoms with van der Waals surface area (Å²) in [6.07, 6.45) is 5.08. The van der Waals surface area contributed by atoms with Crippen molar-refractivity contribution in [1.82, 2.24) is 15.6 Å². The fourth-order valence-electron chi connectivity index (χ4n) is 4.46. The van der Waals surface area contributed by atoms with Crippen LogP contribution in [-0.4, -0.2) is 79.6 Å². The third-order valence-corrected chi connectivity index (χ3v) is 8.10. The Morgan fingerprint density at radius 3 is 1.86 bits per heavy atom. The molecule has 3 aromatic rings. The van der Waals surface area contributed by atoms with E-state index in [4.69, 9.17) is 9.47 Å². The van der Waals surface area contributed by atoms with E-state index in [0.29, 0.717) is 36.6 Å². The molecule has 2 aromatic carbocycles. The minimum atomic E-state index is -0.365. The van der Waals surface area contributed by atoms with E-state index in [2.05, 4.69) is 30.7 Å². The predicted molar refractivity (Wildman–Crippen MR) is 168 cm³/mol. The minimum absolute atomic E-state index is 0.0218. The number of phenols is 2. The number of carbonyl (C=O) groups excluding carboxylic acids is 2. The molecule has 43 heavy (non-hydrogen) atoms. The summed E-state index contributed by atoms with van der Waals surface area (Å²) in [6.45, 7) is 5.83. The van der Waals surface area contributed by atoms with E-state index < -0.39 is 0 Å². The van der Waals surface area contributed by atoms with Gasteiger partial charge in [-0.05, 0) is 29.7 Å². The van der Waals surface area contributed by atoms with Crippen molar-refractivity contribution in [3.8, 4) is 11.5 Å². The normalized spacial score (nSPS) is 16.3. The van der Waals surface area contributed by atoms with Crippen molar-refractivity contribution in [2.45, 2.75) is 0 Å². The Kier molecular flexibility index (Phi) is 10.4. The lowest BCUT2D eigenvalue weighted by molar-refractivity contribution is 0.0964. The van der Waals surface area contributed by atoms with Crippen LogP contribution >= 0.6 is 23.1 Å². The highest BCUT2D eigenvalue weighted by Crippen LogP contribution is 2.28. The van der Waals surface area contributed by atoms with Crippen LogP contribution in [0.4, 0.5) is 16.5 Å². The molecule has 226 valence electrons. The Hall–Kier alpha value is -4.24. The zero-order valence-electron chi connectivity index (χ0n) is 23.2. The zero-order chi connectivity index (χ0) is 30.0. The van der Waals surface area contributed by atoms with Crippen LogP contribution in [0.2, 0.25) is 0 Å². The molecule has 0 spiro atoms. The van der Waals surface area contributed by atoms with Crippen molar-refractivity contribution in [3.05, 3.63) is 81.9 Å². The molecular weight excluding hydrogens is 592 g/mol. The number of nitrogens with one attached hydrogen (secondary N) is 3. The van der Waals surface area contributed by atoms with Gasteiger partial charge < -0.3 is 40.1 Å². The molecule has 3 aliphatic rings. The van der Waals surface area contributed by atoms with Crippen LogP contribution in [0.5, 0.6) is 11.5 Å².